The smallest absolute Gasteiger partial charge is 0.220 e. The Bertz CT molecular complexity index is 1620. The normalized spacial score (nSPS) is 13.6. The summed E-state index contributed by atoms with van der Waals surface area (Å²) in [4.78, 5) is 12.5. The van der Waals surface area contributed by atoms with Gasteiger partial charge in [0.25, 0.3) is 0 Å². The van der Waals surface area contributed by atoms with E-state index in [4.69, 9.17) is 0 Å². The fraction of sp³-hybridized carbons (Fsp3) is 0.705. The van der Waals surface area contributed by atoms with Crippen molar-refractivity contribution in [3.63, 3.8) is 0 Å². The van der Waals surface area contributed by atoms with Gasteiger partial charge in [-0.05, 0) is 103 Å². The molecule has 470 valence electrons. The topological polar surface area (TPSA) is 69.6 Å². The number of amides is 1. The van der Waals surface area contributed by atoms with E-state index in [2.05, 4.69) is 141 Å². The first kappa shape index (κ1) is 78.5. The van der Waals surface area contributed by atoms with Gasteiger partial charge in [0.15, 0.2) is 0 Å². The number of hydrogen-bond acceptors (Lipinski definition) is 3. The maximum absolute atomic E-state index is 12.5. The molecule has 2 unspecified atom stereocenters. The van der Waals surface area contributed by atoms with Crippen molar-refractivity contribution in [2.45, 2.75) is 347 Å². The highest BCUT2D eigenvalue weighted by atomic mass is 16.3. The van der Waals surface area contributed by atoms with Gasteiger partial charge >= 0.3 is 0 Å². The van der Waals surface area contributed by atoms with Gasteiger partial charge in [0, 0.05) is 6.42 Å². The number of carbonyl (C=O) groups excluding carboxylic acids is 1. The van der Waals surface area contributed by atoms with Crippen LogP contribution in [0.2, 0.25) is 0 Å². The highest BCUT2D eigenvalue weighted by Gasteiger charge is 2.18. The number of aliphatic hydroxyl groups is 2. The van der Waals surface area contributed by atoms with E-state index in [-0.39, 0.29) is 12.5 Å². The highest BCUT2D eigenvalue weighted by molar-refractivity contribution is 5.76. The van der Waals surface area contributed by atoms with Crippen LogP contribution in [0.3, 0.4) is 0 Å². The Balaban J connectivity index is 3.56. The van der Waals surface area contributed by atoms with Gasteiger partial charge in [-0.25, -0.2) is 0 Å². The van der Waals surface area contributed by atoms with Crippen LogP contribution in [0.4, 0.5) is 0 Å². The molecule has 2 atom stereocenters. The molecule has 0 bridgehead atoms. The number of hydrogen-bond donors (Lipinski definition) is 3. The molecule has 0 aromatic carbocycles. The molecule has 0 aliphatic rings. The van der Waals surface area contributed by atoms with Crippen molar-refractivity contribution >= 4 is 5.91 Å². The number of nitrogens with one attached hydrogen (secondary N) is 1. The summed E-state index contributed by atoms with van der Waals surface area (Å²) in [5.41, 5.74) is 0. The number of aliphatic hydroxyl groups excluding tert-OH is 2. The summed E-state index contributed by atoms with van der Waals surface area (Å²) in [5.74, 6) is -0.0787. The monoisotopic (exact) mass is 1130 g/mol. The summed E-state index contributed by atoms with van der Waals surface area (Å²) in [6.45, 7) is 4.20. The van der Waals surface area contributed by atoms with Crippen molar-refractivity contribution in [2.24, 2.45) is 0 Å². The molecule has 0 saturated heterocycles. The zero-order valence-electron chi connectivity index (χ0n) is 54.2. The molecule has 0 radical (unpaired) electrons. The zero-order valence-corrected chi connectivity index (χ0v) is 54.2. The molecule has 1 amide bonds. The molecular weight excluding hydrogens is 999 g/mol. The predicted octanol–water partition coefficient (Wildman–Crippen LogP) is 24.5. The van der Waals surface area contributed by atoms with Crippen molar-refractivity contribution < 1.29 is 15.0 Å². The SMILES string of the molecule is CC/C=C\C/C=C\C/C=C\C/C=C\C/C=C\C/C=C\C/C=C\C/C=C\C/C=C\CCCCCCCCCCCCCC(=O)NC(CO)C(O)/C=C/CC/C=C/CCCCCCCCCCCCCCCCCCCCCCCCCCC. The van der Waals surface area contributed by atoms with Crippen LogP contribution in [-0.4, -0.2) is 34.9 Å². The second-order valence-electron chi connectivity index (χ2n) is 23.6. The average molecular weight is 1130 g/mol. The van der Waals surface area contributed by atoms with E-state index in [0.717, 1.165) is 89.9 Å². The van der Waals surface area contributed by atoms with Crippen molar-refractivity contribution in [1.29, 1.82) is 0 Å². The molecular formula is C78H135NO3. The van der Waals surface area contributed by atoms with Crippen LogP contribution in [0.1, 0.15) is 335 Å². The molecule has 4 nitrogen and oxygen atoms in total. The van der Waals surface area contributed by atoms with Gasteiger partial charge < -0.3 is 15.5 Å². The van der Waals surface area contributed by atoms with Crippen LogP contribution >= 0.6 is 0 Å². The zero-order chi connectivity index (χ0) is 59.1. The first-order valence-corrected chi connectivity index (χ1v) is 35.4. The minimum absolute atomic E-state index is 0.0787. The average Bonchev–Trinajstić information content (AvgIpc) is 3.50. The molecule has 0 rings (SSSR count). The third-order valence-corrected chi connectivity index (χ3v) is 15.6. The molecule has 0 saturated carbocycles. The summed E-state index contributed by atoms with van der Waals surface area (Å²) < 4.78 is 0. The van der Waals surface area contributed by atoms with E-state index < -0.39 is 12.1 Å². The standard InChI is InChI=1S/C78H135NO3/c1-3-5-7-9-11-13-15-17-19-21-23-25-27-29-31-33-35-36-37-38-39-40-41-42-44-46-48-50-52-54-56-58-60-62-64-66-68-70-72-74-78(82)79-76(75-80)77(81)73-71-69-67-65-63-61-59-57-55-53-51-49-47-45-43-34-32-30-28-26-24-22-20-18-16-14-12-10-8-6-4-2/h5,7,11,13,17,19,23,25,29,31,35-36,38-39,41-42,46,48,63,65,71,73,76-77,80-81H,3-4,6,8-10,12,14-16,18,20-22,24,26-28,30,32-34,37,40,43-45,47,49-62,64,66-70,72,74-75H2,1-2H3,(H,79,82)/b7-5-,13-11-,19-17-,25-23-,31-29-,36-35-,39-38-,42-41-,48-46-,65-63+,73-71+. The summed E-state index contributed by atoms with van der Waals surface area (Å²) in [6, 6.07) is -0.651. The second kappa shape index (κ2) is 71.8. The first-order chi connectivity index (χ1) is 40.7. The lowest BCUT2D eigenvalue weighted by molar-refractivity contribution is -0.123. The molecule has 0 aliphatic heterocycles. The summed E-state index contributed by atoms with van der Waals surface area (Å²) >= 11 is 0. The van der Waals surface area contributed by atoms with Crippen molar-refractivity contribution in [3.05, 3.63) is 134 Å². The van der Waals surface area contributed by atoms with Gasteiger partial charge in [-0.1, -0.05) is 359 Å². The van der Waals surface area contributed by atoms with E-state index >= 15 is 0 Å². The lowest BCUT2D eigenvalue weighted by Gasteiger charge is -2.19. The van der Waals surface area contributed by atoms with E-state index in [1.807, 2.05) is 6.08 Å². The Morgan fingerprint density at radius 2 is 0.549 bits per heavy atom. The largest absolute Gasteiger partial charge is 0.394 e. The third kappa shape index (κ3) is 67.3. The molecule has 0 aromatic rings. The Hall–Kier alpha value is -3.47. The Kier molecular flexibility index (Phi) is 68.8. The van der Waals surface area contributed by atoms with Gasteiger partial charge in [-0.15, -0.1) is 0 Å². The van der Waals surface area contributed by atoms with Gasteiger partial charge in [0.05, 0.1) is 18.8 Å². The highest BCUT2D eigenvalue weighted by Crippen LogP contribution is 2.17. The third-order valence-electron chi connectivity index (χ3n) is 15.6. The minimum Gasteiger partial charge on any atom is -0.394 e. The maximum Gasteiger partial charge on any atom is 0.220 e. The summed E-state index contributed by atoms with van der Waals surface area (Å²) in [5, 5.41) is 23.3. The summed E-state index contributed by atoms with van der Waals surface area (Å²) in [6.07, 6.45) is 111. The van der Waals surface area contributed by atoms with Gasteiger partial charge in [0.1, 0.15) is 0 Å². The predicted molar refractivity (Wildman–Crippen MR) is 368 cm³/mol. The minimum atomic E-state index is -0.874. The Morgan fingerprint density at radius 1 is 0.305 bits per heavy atom. The number of allylic oxidation sites excluding steroid dienone is 21. The second-order valence-corrected chi connectivity index (χ2v) is 23.6. The van der Waals surface area contributed by atoms with Crippen LogP contribution in [0.25, 0.3) is 0 Å². The Labute approximate surface area is 511 Å². The van der Waals surface area contributed by atoms with E-state index in [0.29, 0.717) is 6.42 Å². The van der Waals surface area contributed by atoms with Gasteiger partial charge in [-0.2, -0.15) is 0 Å². The lowest BCUT2D eigenvalue weighted by atomic mass is 10.0. The fourth-order valence-electron chi connectivity index (χ4n) is 10.3. The van der Waals surface area contributed by atoms with Crippen molar-refractivity contribution in [1.82, 2.24) is 5.32 Å². The molecule has 4 heteroatoms. The Morgan fingerprint density at radius 3 is 0.854 bits per heavy atom. The molecule has 0 fully saturated rings. The van der Waals surface area contributed by atoms with E-state index in [1.165, 1.54) is 225 Å². The molecule has 0 aliphatic carbocycles. The van der Waals surface area contributed by atoms with Crippen LogP contribution in [0.15, 0.2) is 134 Å². The van der Waals surface area contributed by atoms with Crippen molar-refractivity contribution in [2.75, 3.05) is 6.61 Å². The van der Waals surface area contributed by atoms with Gasteiger partial charge in [0.2, 0.25) is 5.91 Å². The maximum atomic E-state index is 12.5. The number of carbonyl (C=O) groups is 1. The molecule has 3 N–H and O–H groups in total. The lowest BCUT2D eigenvalue weighted by Crippen LogP contribution is -2.45. The van der Waals surface area contributed by atoms with Crippen LogP contribution in [0, 0.1) is 0 Å². The molecule has 0 aromatic heterocycles. The van der Waals surface area contributed by atoms with Crippen LogP contribution in [-0.2, 0) is 4.79 Å². The van der Waals surface area contributed by atoms with E-state index in [1.54, 1.807) is 6.08 Å². The fourth-order valence-corrected chi connectivity index (χ4v) is 10.3. The van der Waals surface area contributed by atoms with Crippen LogP contribution < -0.4 is 5.32 Å². The number of unbranched alkanes of at least 4 members (excludes halogenated alkanes) is 37. The quantitative estimate of drug-likeness (QED) is 0.0420. The molecule has 0 spiro atoms. The van der Waals surface area contributed by atoms with Gasteiger partial charge in [-0.3, -0.25) is 4.79 Å². The van der Waals surface area contributed by atoms with Crippen LogP contribution in [0.5, 0.6) is 0 Å². The molecule has 82 heavy (non-hydrogen) atoms. The van der Waals surface area contributed by atoms with E-state index in [9.17, 15) is 15.0 Å². The first-order valence-electron chi connectivity index (χ1n) is 35.4. The van der Waals surface area contributed by atoms with Crippen molar-refractivity contribution in [3.8, 4) is 0 Å². The summed E-state index contributed by atoms with van der Waals surface area (Å²) in [7, 11) is 0. The number of rotatable bonds is 64. The molecule has 0 heterocycles.